The predicted molar refractivity (Wildman–Crippen MR) is 211 cm³/mol. The van der Waals surface area contributed by atoms with Crippen molar-refractivity contribution in [2.24, 2.45) is 5.92 Å². The van der Waals surface area contributed by atoms with Crippen LogP contribution in [0, 0.1) is 5.92 Å². The Labute approximate surface area is 319 Å². The fourth-order valence-corrected chi connectivity index (χ4v) is 10.6. The van der Waals surface area contributed by atoms with Crippen molar-refractivity contribution in [3.63, 3.8) is 0 Å². The van der Waals surface area contributed by atoms with Crippen LogP contribution in [-0.2, 0) is 20.5 Å². The largest absolute Gasteiger partial charge is 0.444 e. The molecule has 53 heavy (non-hydrogen) atoms. The first-order chi connectivity index (χ1) is 24.9. The van der Waals surface area contributed by atoms with Crippen LogP contribution in [0.15, 0.2) is 77.5 Å². The quantitative estimate of drug-likeness (QED) is 0.184. The molecule has 2 aliphatic heterocycles. The number of fused-ring (bicyclic) bond motifs is 2. The number of aromatic nitrogens is 2. The molecule has 2 N–H and O–H groups in total. The van der Waals surface area contributed by atoms with Crippen molar-refractivity contribution < 1.29 is 28.3 Å². The molecule has 4 aromatic rings. The van der Waals surface area contributed by atoms with Crippen molar-refractivity contribution in [3.05, 3.63) is 88.8 Å². The SMILES string of the molecule is C[C@H]1CN(c2ccncc2NC(=O)c2nc3cc(Br)ccc3cc2NC(=O)OCc2ccccc2)C[C@@H]2[C@@H]1O[Si](C)(C(C)(C)C)N2C(=O)OC(C)(C)C. The number of ether oxygens (including phenoxy) is 2. The Balaban J connectivity index is 1.29. The Morgan fingerprint density at radius 2 is 1.72 bits per heavy atom. The van der Waals surface area contributed by atoms with E-state index in [-0.39, 0.29) is 47.2 Å². The third-order valence-corrected chi connectivity index (χ3v) is 15.3. The number of pyridine rings is 2. The number of hydrogen-bond acceptors (Lipinski definition) is 9. The van der Waals surface area contributed by atoms with Crippen molar-refractivity contribution in [1.82, 2.24) is 14.5 Å². The number of benzene rings is 2. The van der Waals surface area contributed by atoms with Gasteiger partial charge in [-0.1, -0.05) is 80.0 Å². The molecule has 0 radical (unpaired) electrons. The van der Waals surface area contributed by atoms with Crippen LogP contribution >= 0.6 is 15.9 Å². The van der Waals surface area contributed by atoms with Crippen LogP contribution in [0.3, 0.4) is 0 Å². The Morgan fingerprint density at radius 3 is 2.42 bits per heavy atom. The van der Waals surface area contributed by atoms with E-state index in [1.807, 2.05) is 73.9 Å². The number of carbonyl (C=O) groups excluding carboxylic acids is 3. The fourth-order valence-electron chi connectivity index (χ4n) is 6.87. The highest BCUT2D eigenvalue weighted by atomic mass is 79.9. The summed E-state index contributed by atoms with van der Waals surface area (Å²) in [5.41, 5.74) is 2.09. The minimum Gasteiger partial charge on any atom is -0.444 e. The van der Waals surface area contributed by atoms with Crippen LogP contribution < -0.4 is 15.5 Å². The van der Waals surface area contributed by atoms with E-state index in [0.717, 1.165) is 21.1 Å². The van der Waals surface area contributed by atoms with Gasteiger partial charge in [0, 0.05) is 35.1 Å². The highest BCUT2D eigenvalue weighted by Gasteiger charge is 2.63. The molecular weight excluding hydrogens is 756 g/mol. The lowest BCUT2D eigenvalue weighted by molar-refractivity contribution is 0.0292. The number of anilines is 3. The Hall–Kier alpha value is -4.53. The molecule has 12 nitrogen and oxygen atoms in total. The second kappa shape index (κ2) is 14.7. The van der Waals surface area contributed by atoms with Gasteiger partial charge in [-0.2, -0.15) is 0 Å². The molecule has 2 saturated heterocycles. The lowest BCUT2D eigenvalue weighted by Gasteiger charge is -2.45. The summed E-state index contributed by atoms with van der Waals surface area (Å²) in [5, 5.41) is 6.19. The Kier molecular flexibility index (Phi) is 10.6. The number of rotatable bonds is 6. The molecular formula is C39H47BrN6O6Si. The van der Waals surface area contributed by atoms with Gasteiger partial charge in [0.05, 0.1) is 40.9 Å². The van der Waals surface area contributed by atoms with Gasteiger partial charge < -0.3 is 28.7 Å². The molecule has 14 heteroatoms. The van der Waals surface area contributed by atoms with E-state index in [4.69, 9.17) is 13.9 Å². The molecule has 2 aromatic heterocycles. The third-order valence-electron chi connectivity index (χ3n) is 9.83. The van der Waals surface area contributed by atoms with Crippen molar-refractivity contribution in [2.45, 2.75) is 84.4 Å². The van der Waals surface area contributed by atoms with Gasteiger partial charge in [0.2, 0.25) is 0 Å². The summed E-state index contributed by atoms with van der Waals surface area (Å²) < 4.78 is 21.1. The molecule has 2 fully saturated rings. The number of piperidine rings is 1. The molecule has 2 aromatic carbocycles. The number of amides is 3. The van der Waals surface area contributed by atoms with E-state index in [1.165, 1.54) is 0 Å². The zero-order chi connectivity index (χ0) is 38.3. The lowest BCUT2D eigenvalue weighted by Crippen LogP contribution is -2.62. The molecule has 1 unspecified atom stereocenters. The summed E-state index contributed by atoms with van der Waals surface area (Å²) in [6.07, 6.45) is 2.00. The highest BCUT2D eigenvalue weighted by molar-refractivity contribution is 9.10. The van der Waals surface area contributed by atoms with Crippen molar-refractivity contribution in [2.75, 3.05) is 28.6 Å². The summed E-state index contributed by atoms with van der Waals surface area (Å²) in [7, 11) is -2.84. The standard InChI is InChI=1S/C39H47BrN6O6Si/c1-24-21-45(22-32-34(24)52-53(8,39(5,6)7)46(32)37(49)51-38(2,3)4)31-16-17-41-20-30(31)43-35(47)33-29(18-26-14-15-27(40)19-28(26)42-33)44-36(48)50-23-25-12-10-9-11-13-25/h9-20,24,32,34H,21-23H2,1-8H3,(H,43,47)(H,44,48)/t24-,32+,34+,53?/m0/s1. The van der Waals surface area contributed by atoms with Crippen LogP contribution in [-0.4, -0.2) is 71.9 Å². The first-order valence-corrected chi connectivity index (χ1v) is 20.9. The molecule has 3 amide bonds. The summed E-state index contributed by atoms with van der Waals surface area (Å²) in [4.78, 5) is 52.3. The second-order valence-corrected chi connectivity index (χ2v) is 21.0. The van der Waals surface area contributed by atoms with E-state index in [9.17, 15) is 14.4 Å². The molecule has 0 spiro atoms. The molecule has 0 saturated carbocycles. The molecule has 0 bridgehead atoms. The predicted octanol–water partition coefficient (Wildman–Crippen LogP) is 8.73. The number of nitrogens with one attached hydrogen (secondary N) is 2. The topological polar surface area (TPSA) is 135 Å². The second-order valence-electron chi connectivity index (χ2n) is 15.9. The highest BCUT2D eigenvalue weighted by Crippen LogP contribution is 2.49. The van der Waals surface area contributed by atoms with Gasteiger partial charge in [0.15, 0.2) is 5.69 Å². The molecule has 280 valence electrons. The van der Waals surface area contributed by atoms with Gasteiger partial charge in [-0.15, -0.1) is 0 Å². The van der Waals surface area contributed by atoms with Crippen molar-refractivity contribution in [3.8, 4) is 0 Å². The molecule has 6 rings (SSSR count). The van der Waals surface area contributed by atoms with Gasteiger partial charge in [-0.3, -0.25) is 15.1 Å². The average molecular weight is 804 g/mol. The number of halogens is 1. The summed E-state index contributed by atoms with van der Waals surface area (Å²) >= 11 is 3.49. The number of carbonyl (C=O) groups is 3. The summed E-state index contributed by atoms with van der Waals surface area (Å²) in [6.45, 7) is 17.3. The summed E-state index contributed by atoms with van der Waals surface area (Å²) in [5.74, 6) is -0.500. The van der Waals surface area contributed by atoms with E-state index >= 15 is 0 Å². The van der Waals surface area contributed by atoms with E-state index in [0.29, 0.717) is 24.3 Å². The van der Waals surface area contributed by atoms with Gasteiger partial charge in [-0.25, -0.2) is 14.6 Å². The number of hydrogen-bond donors (Lipinski definition) is 2. The third kappa shape index (κ3) is 8.19. The minimum absolute atomic E-state index is 0.00128. The Morgan fingerprint density at radius 1 is 0.981 bits per heavy atom. The minimum atomic E-state index is -2.84. The van der Waals surface area contributed by atoms with E-state index in [2.05, 4.69) is 75.7 Å². The van der Waals surface area contributed by atoms with Gasteiger partial charge in [0.1, 0.15) is 12.2 Å². The fraction of sp³-hybridized carbons (Fsp3) is 0.410. The van der Waals surface area contributed by atoms with E-state index < -0.39 is 26.1 Å². The van der Waals surface area contributed by atoms with Crippen molar-refractivity contribution in [1.29, 1.82) is 0 Å². The molecule has 0 aliphatic carbocycles. The first-order valence-electron chi connectivity index (χ1n) is 17.7. The first kappa shape index (κ1) is 38.2. The number of nitrogens with zero attached hydrogens (tertiary/aromatic N) is 4. The van der Waals surface area contributed by atoms with Gasteiger partial charge in [0.25, 0.3) is 5.91 Å². The van der Waals surface area contributed by atoms with Gasteiger partial charge in [-0.05, 0) is 62.2 Å². The van der Waals surface area contributed by atoms with Gasteiger partial charge >= 0.3 is 20.7 Å². The van der Waals surface area contributed by atoms with Crippen LogP contribution in [0.1, 0.15) is 64.5 Å². The zero-order valence-corrected chi connectivity index (χ0v) is 34.0. The maximum atomic E-state index is 14.2. The smallest absolute Gasteiger partial charge is 0.412 e. The van der Waals surface area contributed by atoms with Crippen LogP contribution in [0.25, 0.3) is 10.9 Å². The van der Waals surface area contributed by atoms with E-state index in [1.54, 1.807) is 24.5 Å². The van der Waals surface area contributed by atoms with Crippen LogP contribution in [0.2, 0.25) is 11.6 Å². The maximum Gasteiger partial charge on any atom is 0.412 e. The van der Waals surface area contributed by atoms with Crippen molar-refractivity contribution >= 4 is 70.5 Å². The average Bonchev–Trinajstić information content (AvgIpc) is 3.41. The molecule has 2 aliphatic rings. The summed E-state index contributed by atoms with van der Waals surface area (Å²) in [6, 6.07) is 18.1. The Bertz CT molecular complexity index is 2020. The lowest BCUT2D eigenvalue weighted by atomic mass is 9.92. The molecule has 4 heterocycles. The van der Waals surface area contributed by atoms with Crippen LogP contribution in [0.5, 0.6) is 0 Å². The van der Waals surface area contributed by atoms with Crippen LogP contribution in [0.4, 0.5) is 26.7 Å². The monoisotopic (exact) mass is 802 g/mol. The molecule has 4 atom stereocenters. The normalized spacial score (nSPS) is 21.6. The zero-order valence-electron chi connectivity index (χ0n) is 31.4. The maximum absolute atomic E-state index is 14.2.